The third-order valence-electron chi connectivity index (χ3n) is 4.56. The maximum atomic E-state index is 12.3. The lowest BCUT2D eigenvalue weighted by Gasteiger charge is -2.30. The van der Waals surface area contributed by atoms with Crippen molar-refractivity contribution in [3.8, 4) is 0 Å². The van der Waals surface area contributed by atoms with Crippen molar-refractivity contribution in [2.24, 2.45) is 16.6 Å². The summed E-state index contributed by atoms with van der Waals surface area (Å²) < 4.78 is 0. The number of carbonyl (C=O) groups is 2. The van der Waals surface area contributed by atoms with Gasteiger partial charge in [0.1, 0.15) is 5.78 Å². The molecule has 0 aromatic carbocycles. The number of allylic oxidation sites excluding steroid dienone is 2. The van der Waals surface area contributed by atoms with Gasteiger partial charge in [-0.2, -0.15) is 0 Å². The Labute approximate surface area is 172 Å². The van der Waals surface area contributed by atoms with Crippen molar-refractivity contribution in [3.63, 3.8) is 0 Å². The van der Waals surface area contributed by atoms with Gasteiger partial charge < -0.3 is 5.73 Å². The Hall–Kier alpha value is -0.960. The molecule has 0 bridgehead atoms. The molecule has 2 N–H and O–H groups in total. The molecule has 0 spiro atoms. The largest absolute Gasteiger partial charge is 0.319 e. The Morgan fingerprint density at radius 2 is 1.19 bits per heavy atom. The number of ketones is 2. The van der Waals surface area contributed by atoms with E-state index < -0.39 is 5.54 Å². The molecule has 0 aromatic rings. The van der Waals surface area contributed by atoms with Gasteiger partial charge in [0, 0.05) is 12.3 Å². The summed E-state index contributed by atoms with van der Waals surface area (Å²) in [6, 6.07) is 0. The monoisotopic (exact) mass is 385 g/mol. The molecular weight excluding hydrogens is 334 g/mol. The molecule has 0 fully saturated rings. The van der Waals surface area contributed by atoms with Gasteiger partial charge in [0.25, 0.3) is 0 Å². The maximum Gasteiger partial charge on any atom is 0.157 e. The van der Waals surface area contributed by atoms with E-state index in [0.717, 1.165) is 32.1 Å². The van der Waals surface area contributed by atoms with Crippen molar-refractivity contribution in [2.45, 2.75) is 120 Å². The lowest BCUT2D eigenvalue weighted by molar-refractivity contribution is -0.131. The molecule has 0 aromatic heterocycles. The van der Waals surface area contributed by atoms with Crippen LogP contribution in [-0.2, 0) is 9.59 Å². The third kappa shape index (κ3) is 14.7. The van der Waals surface area contributed by atoms with Gasteiger partial charge >= 0.3 is 0 Å². The second kappa shape index (κ2) is 15.0. The smallest absolute Gasteiger partial charge is 0.157 e. The van der Waals surface area contributed by atoms with Gasteiger partial charge in [0.2, 0.25) is 0 Å². The number of rotatable bonds is 10. The van der Waals surface area contributed by atoms with E-state index in [2.05, 4.69) is 12.2 Å². The van der Waals surface area contributed by atoms with Crippen LogP contribution in [0.1, 0.15) is 116 Å². The zero-order valence-electron chi connectivity index (χ0n) is 20.3. The van der Waals surface area contributed by atoms with E-state index in [9.17, 15) is 9.59 Å². The molecule has 0 saturated heterocycles. The van der Waals surface area contributed by atoms with E-state index in [1.807, 2.05) is 69.2 Å². The molecule has 0 rings (SSSR count). The molecule has 0 radical (unpaired) electrons. The summed E-state index contributed by atoms with van der Waals surface area (Å²) in [7, 11) is 0. The topological polar surface area (TPSA) is 60.2 Å². The summed E-state index contributed by atoms with van der Waals surface area (Å²) in [5, 5.41) is 0. The van der Waals surface area contributed by atoms with Crippen LogP contribution in [0.2, 0.25) is 0 Å². The predicted octanol–water partition coefficient (Wildman–Crippen LogP) is 7.13. The molecule has 27 heavy (non-hydrogen) atoms. The van der Waals surface area contributed by atoms with Crippen LogP contribution in [0.25, 0.3) is 0 Å². The van der Waals surface area contributed by atoms with Crippen LogP contribution in [0.3, 0.4) is 0 Å². The van der Waals surface area contributed by atoms with Crippen LogP contribution in [0.15, 0.2) is 12.2 Å². The van der Waals surface area contributed by atoms with Crippen LogP contribution >= 0.6 is 0 Å². The van der Waals surface area contributed by atoms with Crippen molar-refractivity contribution in [1.29, 1.82) is 0 Å². The third-order valence-corrected chi connectivity index (χ3v) is 4.56. The van der Waals surface area contributed by atoms with Gasteiger partial charge in [0.05, 0.1) is 5.54 Å². The molecule has 0 amide bonds. The Kier molecular flexibility index (Phi) is 17.1. The van der Waals surface area contributed by atoms with Crippen molar-refractivity contribution in [2.75, 3.05) is 0 Å². The van der Waals surface area contributed by atoms with Crippen LogP contribution in [-0.4, -0.2) is 17.1 Å². The molecule has 0 aliphatic carbocycles. The first-order valence-corrected chi connectivity index (χ1v) is 10.8. The second-order valence-corrected chi connectivity index (χ2v) is 8.69. The Bertz CT molecular complexity index is 432. The lowest BCUT2D eigenvalue weighted by atomic mass is 9.77. The van der Waals surface area contributed by atoms with E-state index in [0.29, 0.717) is 6.42 Å². The van der Waals surface area contributed by atoms with E-state index in [-0.39, 0.29) is 23.8 Å². The summed E-state index contributed by atoms with van der Waals surface area (Å²) >= 11 is 0. The fourth-order valence-electron chi connectivity index (χ4n) is 2.63. The number of Topliss-reactive ketones (excluding diaryl/α,β-unsaturated/α-hetero) is 2. The molecule has 164 valence electrons. The van der Waals surface area contributed by atoms with Crippen LogP contribution in [0.4, 0.5) is 0 Å². The molecule has 1 atom stereocenters. The van der Waals surface area contributed by atoms with Gasteiger partial charge in [-0.25, -0.2) is 0 Å². The number of nitrogens with two attached hydrogens (primary N) is 1. The molecule has 3 nitrogen and oxygen atoms in total. The van der Waals surface area contributed by atoms with Crippen molar-refractivity contribution in [3.05, 3.63) is 12.2 Å². The minimum Gasteiger partial charge on any atom is -0.319 e. The summed E-state index contributed by atoms with van der Waals surface area (Å²) in [4.78, 5) is 23.7. The lowest BCUT2D eigenvalue weighted by Crippen LogP contribution is -2.50. The highest BCUT2D eigenvalue weighted by Crippen LogP contribution is 2.26. The summed E-state index contributed by atoms with van der Waals surface area (Å²) in [5.74, 6) is 0.382. The summed E-state index contributed by atoms with van der Waals surface area (Å²) in [6.45, 7) is 21.3. The average Bonchev–Trinajstić information content (AvgIpc) is 2.59. The summed E-state index contributed by atoms with van der Waals surface area (Å²) in [6.07, 6.45) is 9.87. The van der Waals surface area contributed by atoms with Crippen LogP contribution in [0.5, 0.6) is 0 Å². The van der Waals surface area contributed by atoms with Gasteiger partial charge in [0.15, 0.2) is 5.78 Å². The molecule has 0 heterocycles. The van der Waals surface area contributed by atoms with E-state index >= 15 is 0 Å². The van der Waals surface area contributed by atoms with Gasteiger partial charge in [-0.15, -0.1) is 0 Å². The normalized spacial score (nSPS) is 13.8. The Morgan fingerprint density at radius 3 is 1.52 bits per heavy atom. The van der Waals surface area contributed by atoms with Gasteiger partial charge in [-0.1, -0.05) is 74.5 Å². The minimum absolute atomic E-state index is 0. The highest BCUT2D eigenvalue weighted by Gasteiger charge is 2.35. The molecule has 0 saturated carbocycles. The second-order valence-electron chi connectivity index (χ2n) is 8.69. The molecule has 3 heteroatoms. The number of hydrogen-bond donors (Lipinski definition) is 1. The summed E-state index contributed by atoms with van der Waals surface area (Å²) in [5.41, 5.74) is 4.85. The highest BCUT2D eigenvalue weighted by molar-refractivity contribution is 5.92. The SMILES string of the molecule is CC.CC.CC(=O)C(C)(C)CCC/C=C\CCCC(C)(N)C(=O)C(C)(C)C.[HH]. The van der Waals surface area contributed by atoms with Gasteiger partial charge in [-0.3, -0.25) is 9.59 Å². The Balaban J connectivity index is -0.000000537. The molecular formula is C24H51NO2. The molecule has 0 aliphatic heterocycles. The van der Waals surface area contributed by atoms with E-state index in [1.165, 1.54) is 0 Å². The molecule has 1 unspecified atom stereocenters. The predicted molar refractivity (Wildman–Crippen MR) is 123 cm³/mol. The first kappa shape index (κ1) is 30.8. The zero-order valence-corrected chi connectivity index (χ0v) is 20.3. The van der Waals surface area contributed by atoms with Crippen molar-refractivity contribution in [1.82, 2.24) is 0 Å². The Morgan fingerprint density at radius 1 is 0.815 bits per heavy atom. The standard InChI is InChI=1S/C20H37NO2.2C2H6.H2/c1-16(22)19(5,6)14-12-10-8-9-11-13-15-20(7,21)17(23)18(2,3)4;2*1-2;/h8-9H,10-15,21H2,1-7H3;2*1-2H3;1H/b9-8-;;;. The first-order valence-electron chi connectivity index (χ1n) is 10.8. The number of hydrogen-bond acceptors (Lipinski definition) is 3. The molecule has 0 aliphatic rings. The van der Waals surface area contributed by atoms with Crippen molar-refractivity contribution >= 4 is 11.6 Å². The zero-order chi connectivity index (χ0) is 22.3. The minimum atomic E-state index is -0.738. The van der Waals surface area contributed by atoms with Crippen LogP contribution < -0.4 is 5.73 Å². The number of carbonyl (C=O) groups excluding carboxylic acids is 2. The fourth-order valence-corrected chi connectivity index (χ4v) is 2.63. The van der Waals surface area contributed by atoms with E-state index in [4.69, 9.17) is 5.73 Å². The maximum absolute atomic E-state index is 12.3. The average molecular weight is 386 g/mol. The van der Waals surface area contributed by atoms with Crippen molar-refractivity contribution < 1.29 is 11.0 Å². The fraction of sp³-hybridized carbons (Fsp3) is 0.833. The quantitative estimate of drug-likeness (QED) is 0.321. The highest BCUT2D eigenvalue weighted by atomic mass is 16.1. The van der Waals surface area contributed by atoms with E-state index in [1.54, 1.807) is 6.92 Å². The first-order chi connectivity index (χ1) is 12.3. The number of unbranched alkanes of at least 4 members (excludes halogenated alkanes) is 2. The van der Waals surface area contributed by atoms with Crippen LogP contribution in [0, 0.1) is 10.8 Å². The van der Waals surface area contributed by atoms with Gasteiger partial charge in [-0.05, 0) is 52.4 Å².